The van der Waals surface area contributed by atoms with E-state index in [1.807, 2.05) is 37.3 Å². The Hall–Kier alpha value is -2.88. The Bertz CT molecular complexity index is 661. The lowest BCUT2D eigenvalue weighted by Gasteiger charge is -2.05. The number of benzene rings is 2. The van der Waals surface area contributed by atoms with Gasteiger partial charge in [0.1, 0.15) is 12.4 Å². The summed E-state index contributed by atoms with van der Waals surface area (Å²) >= 11 is 0. The van der Waals surface area contributed by atoms with E-state index >= 15 is 0 Å². The molecule has 0 heterocycles. The number of amides is 1. The third kappa shape index (κ3) is 4.31. The van der Waals surface area contributed by atoms with Crippen LogP contribution in [-0.2, 0) is 0 Å². The van der Waals surface area contributed by atoms with Crippen LogP contribution in [0.5, 0.6) is 5.75 Å². The summed E-state index contributed by atoms with van der Waals surface area (Å²) in [4.78, 5) is 12.0. The summed E-state index contributed by atoms with van der Waals surface area (Å²) in [7, 11) is 0. The fourth-order valence-electron chi connectivity index (χ4n) is 1.80. The molecule has 0 fully saturated rings. The maximum atomic E-state index is 12.0. The van der Waals surface area contributed by atoms with Crippen molar-refractivity contribution < 1.29 is 9.53 Å². The predicted molar refractivity (Wildman–Crippen MR) is 88.3 cm³/mol. The van der Waals surface area contributed by atoms with Gasteiger partial charge in [-0.25, -0.2) is 5.43 Å². The molecular weight excluding hydrogens is 276 g/mol. The number of hydrogen-bond acceptors (Lipinski definition) is 3. The summed E-state index contributed by atoms with van der Waals surface area (Å²) in [5.74, 6) is 0.436. The summed E-state index contributed by atoms with van der Waals surface area (Å²) < 4.78 is 5.37. The number of nitrogens with one attached hydrogen (secondary N) is 1. The molecule has 0 bridgehead atoms. The van der Waals surface area contributed by atoms with Crippen LogP contribution in [0.15, 0.2) is 72.4 Å². The highest BCUT2D eigenvalue weighted by atomic mass is 16.5. The van der Waals surface area contributed by atoms with Gasteiger partial charge >= 0.3 is 0 Å². The molecule has 0 aromatic heterocycles. The Morgan fingerprint density at radius 1 is 1.14 bits per heavy atom. The maximum Gasteiger partial charge on any atom is 0.271 e. The van der Waals surface area contributed by atoms with Crippen LogP contribution in [0, 0.1) is 0 Å². The summed E-state index contributed by atoms with van der Waals surface area (Å²) in [6, 6.07) is 16.6. The largest absolute Gasteiger partial charge is 0.490 e. The zero-order valence-electron chi connectivity index (χ0n) is 12.5. The molecule has 0 aliphatic heterocycles. The number of carbonyl (C=O) groups excluding carboxylic acids is 1. The Balaban J connectivity index is 1.98. The predicted octanol–water partition coefficient (Wildman–Crippen LogP) is 3.41. The van der Waals surface area contributed by atoms with E-state index in [4.69, 9.17) is 4.74 Å². The average Bonchev–Trinajstić information content (AvgIpc) is 2.58. The second-order valence-electron chi connectivity index (χ2n) is 4.63. The second kappa shape index (κ2) is 7.78. The second-order valence-corrected chi connectivity index (χ2v) is 4.63. The molecule has 0 aliphatic carbocycles. The van der Waals surface area contributed by atoms with E-state index < -0.39 is 0 Å². The molecule has 2 aromatic carbocycles. The summed E-state index contributed by atoms with van der Waals surface area (Å²) in [5.41, 5.74) is 4.79. The van der Waals surface area contributed by atoms with E-state index in [2.05, 4.69) is 17.1 Å². The van der Waals surface area contributed by atoms with Crippen molar-refractivity contribution in [2.24, 2.45) is 5.10 Å². The molecular formula is C18H18N2O2. The lowest BCUT2D eigenvalue weighted by molar-refractivity contribution is 0.0955. The monoisotopic (exact) mass is 294 g/mol. The zero-order valence-corrected chi connectivity index (χ0v) is 12.5. The topological polar surface area (TPSA) is 50.7 Å². The molecule has 4 heteroatoms. The third-order valence-corrected chi connectivity index (χ3v) is 3.00. The fourth-order valence-corrected chi connectivity index (χ4v) is 1.80. The highest BCUT2D eigenvalue weighted by Crippen LogP contribution is 2.12. The Morgan fingerprint density at radius 2 is 1.82 bits per heavy atom. The maximum absolute atomic E-state index is 12.0. The van der Waals surface area contributed by atoms with Gasteiger partial charge in [0.15, 0.2) is 0 Å². The number of hydrogen-bond donors (Lipinski definition) is 1. The standard InChI is InChI=1S/C18H18N2O2/c1-3-13-22-17-11-9-16(10-12-17)18(21)20-19-14(2)15-7-5-4-6-8-15/h3-12H,1,13H2,2H3,(H,20,21)/b19-14+. The molecule has 1 N–H and O–H groups in total. The fraction of sp³-hybridized carbons (Fsp3) is 0.111. The van der Waals surface area contributed by atoms with Gasteiger partial charge in [0, 0.05) is 5.56 Å². The van der Waals surface area contributed by atoms with Gasteiger partial charge in [0.05, 0.1) is 5.71 Å². The van der Waals surface area contributed by atoms with Crippen LogP contribution in [0.25, 0.3) is 0 Å². The minimum Gasteiger partial charge on any atom is -0.490 e. The molecule has 0 unspecified atom stereocenters. The molecule has 0 saturated carbocycles. The van der Waals surface area contributed by atoms with Crippen LogP contribution in [-0.4, -0.2) is 18.2 Å². The minimum absolute atomic E-state index is 0.259. The van der Waals surface area contributed by atoms with Crippen molar-refractivity contribution in [3.05, 3.63) is 78.4 Å². The van der Waals surface area contributed by atoms with E-state index in [9.17, 15) is 4.79 Å². The van der Waals surface area contributed by atoms with Gasteiger partial charge in [-0.1, -0.05) is 43.0 Å². The van der Waals surface area contributed by atoms with Gasteiger partial charge < -0.3 is 4.74 Å². The van der Waals surface area contributed by atoms with Crippen molar-refractivity contribution in [2.75, 3.05) is 6.61 Å². The first-order chi connectivity index (χ1) is 10.7. The van der Waals surface area contributed by atoms with Crippen LogP contribution in [0.1, 0.15) is 22.8 Å². The van der Waals surface area contributed by atoms with Crippen molar-refractivity contribution in [1.82, 2.24) is 5.43 Å². The van der Waals surface area contributed by atoms with Crippen molar-refractivity contribution in [1.29, 1.82) is 0 Å². The van der Waals surface area contributed by atoms with Crippen molar-refractivity contribution >= 4 is 11.6 Å². The molecule has 0 saturated heterocycles. The highest BCUT2D eigenvalue weighted by molar-refractivity contribution is 6.00. The third-order valence-electron chi connectivity index (χ3n) is 3.00. The van der Waals surface area contributed by atoms with E-state index in [1.165, 1.54) is 0 Å². The van der Waals surface area contributed by atoms with E-state index in [1.54, 1.807) is 30.3 Å². The van der Waals surface area contributed by atoms with Gasteiger partial charge in [-0.2, -0.15) is 5.10 Å². The van der Waals surface area contributed by atoms with Gasteiger partial charge in [0.25, 0.3) is 5.91 Å². The zero-order chi connectivity index (χ0) is 15.8. The van der Waals surface area contributed by atoms with E-state index in [-0.39, 0.29) is 5.91 Å². The van der Waals surface area contributed by atoms with Crippen LogP contribution >= 0.6 is 0 Å². The van der Waals surface area contributed by atoms with Crippen LogP contribution < -0.4 is 10.2 Å². The molecule has 2 rings (SSSR count). The normalized spacial score (nSPS) is 10.9. The van der Waals surface area contributed by atoms with Gasteiger partial charge in [-0.3, -0.25) is 4.79 Å². The lowest BCUT2D eigenvalue weighted by Crippen LogP contribution is -2.19. The molecule has 0 atom stereocenters. The number of nitrogens with zero attached hydrogens (tertiary/aromatic N) is 1. The first-order valence-corrected chi connectivity index (χ1v) is 6.94. The van der Waals surface area contributed by atoms with Gasteiger partial charge in [0.2, 0.25) is 0 Å². The van der Waals surface area contributed by atoms with Crippen molar-refractivity contribution in [3.8, 4) is 5.75 Å². The first kappa shape index (κ1) is 15.5. The average molecular weight is 294 g/mol. The van der Waals surface area contributed by atoms with Crippen molar-refractivity contribution in [3.63, 3.8) is 0 Å². The van der Waals surface area contributed by atoms with Crippen LogP contribution in [0.4, 0.5) is 0 Å². The SMILES string of the molecule is C=CCOc1ccc(C(=O)N/N=C(\C)c2ccccc2)cc1. The summed E-state index contributed by atoms with van der Waals surface area (Å²) in [5, 5.41) is 4.12. The van der Waals surface area contributed by atoms with Crippen molar-refractivity contribution in [2.45, 2.75) is 6.92 Å². The molecule has 0 aliphatic rings. The molecule has 2 aromatic rings. The first-order valence-electron chi connectivity index (χ1n) is 6.94. The molecule has 0 spiro atoms. The quantitative estimate of drug-likeness (QED) is 0.504. The van der Waals surface area contributed by atoms with E-state index in [0.717, 1.165) is 11.3 Å². The Labute approximate surface area is 130 Å². The Kier molecular flexibility index (Phi) is 5.49. The molecule has 4 nitrogen and oxygen atoms in total. The molecule has 1 amide bonds. The minimum atomic E-state index is -0.259. The smallest absolute Gasteiger partial charge is 0.271 e. The number of rotatable bonds is 6. The molecule has 22 heavy (non-hydrogen) atoms. The highest BCUT2D eigenvalue weighted by Gasteiger charge is 2.05. The van der Waals surface area contributed by atoms with Crippen LogP contribution in [0.2, 0.25) is 0 Å². The molecule has 0 radical (unpaired) electrons. The lowest BCUT2D eigenvalue weighted by atomic mass is 10.1. The number of hydrazone groups is 1. The van der Waals surface area contributed by atoms with Gasteiger partial charge in [-0.05, 0) is 36.8 Å². The van der Waals surface area contributed by atoms with Crippen LogP contribution in [0.3, 0.4) is 0 Å². The van der Waals surface area contributed by atoms with Gasteiger partial charge in [-0.15, -0.1) is 0 Å². The molecule has 112 valence electrons. The van der Waals surface area contributed by atoms with E-state index in [0.29, 0.717) is 17.9 Å². The number of carbonyl (C=O) groups is 1. The number of ether oxygens (including phenoxy) is 1. The Morgan fingerprint density at radius 3 is 2.45 bits per heavy atom. The summed E-state index contributed by atoms with van der Waals surface area (Å²) in [6.45, 7) is 5.87. The summed E-state index contributed by atoms with van der Waals surface area (Å²) in [6.07, 6.45) is 1.67.